The van der Waals surface area contributed by atoms with Gasteiger partial charge in [0.05, 0.1) is 4.92 Å². The fraction of sp³-hybridized carbons (Fsp3) is 0. The van der Waals surface area contributed by atoms with Crippen molar-refractivity contribution in [3.63, 3.8) is 0 Å². The molecule has 2 aromatic carbocycles. The minimum Gasteiger partial charge on any atom is -0.420 e. The molecular weight excluding hydrogens is 214 g/mol. The lowest BCUT2D eigenvalue weighted by atomic mass is 10.1. The van der Waals surface area contributed by atoms with E-state index in [1.807, 2.05) is 18.2 Å². The van der Waals surface area contributed by atoms with Crippen LogP contribution in [-0.2, 0) is 0 Å². The van der Waals surface area contributed by atoms with Crippen LogP contribution in [-0.4, -0.2) is 4.92 Å². The van der Waals surface area contributed by atoms with Crippen molar-refractivity contribution in [3.8, 4) is 5.75 Å². The Hall–Kier alpha value is -1.75. The summed E-state index contributed by atoms with van der Waals surface area (Å²) in [5, 5.41) is 12.6. The number of rotatable bonds is 1. The van der Waals surface area contributed by atoms with Crippen molar-refractivity contribution in [2.75, 3.05) is 0 Å². The van der Waals surface area contributed by atoms with Gasteiger partial charge in [0.15, 0.2) is 0 Å². The summed E-state index contributed by atoms with van der Waals surface area (Å²) >= 11 is 1.06. The maximum absolute atomic E-state index is 10.8. The summed E-state index contributed by atoms with van der Waals surface area (Å²) in [5.74, 6) is 0.705. The van der Waals surface area contributed by atoms with E-state index in [0.717, 1.165) is 22.8 Å². The minimum atomic E-state index is -0.382. The number of benzene rings is 2. The van der Waals surface area contributed by atoms with Gasteiger partial charge in [-0.1, -0.05) is 12.1 Å². The van der Waals surface area contributed by atoms with Gasteiger partial charge in [-0.25, -0.2) is 0 Å². The molecule has 1 heterocycles. The van der Waals surface area contributed by atoms with Gasteiger partial charge < -0.3 is 4.18 Å². The molecule has 3 rings (SSSR count). The summed E-state index contributed by atoms with van der Waals surface area (Å²) in [5.41, 5.74) is 0.109. The van der Waals surface area contributed by atoms with Crippen molar-refractivity contribution in [2.24, 2.45) is 0 Å². The summed E-state index contributed by atoms with van der Waals surface area (Å²) < 4.78 is 5.32. The zero-order valence-corrected chi connectivity index (χ0v) is 8.28. The van der Waals surface area contributed by atoms with Gasteiger partial charge in [0.2, 0.25) is 0 Å². The molecule has 0 radical (unpaired) electrons. The third kappa shape index (κ3) is 1.10. The van der Waals surface area contributed by atoms with Crippen LogP contribution in [0.4, 0.5) is 5.69 Å². The van der Waals surface area contributed by atoms with Gasteiger partial charge in [-0.15, -0.1) is 0 Å². The minimum absolute atomic E-state index is 0.109. The molecule has 4 nitrogen and oxygen atoms in total. The first-order chi connectivity index (χ1) is 7.27. The van der Waals surface area contributed by atoms with E-state index in [4.69, 9.17) is 4.18 Å². The van der Waals surface area contributed by atoms with Crippen molar-refractivity contribution in [1.82, 2.24) is 0 Å². The summed E-state index contributed by atoms with van der Waals surface area (Å²) in [7, 11) is 0. The maximum atomic E-state index is 10.8. The third-order valence-electron chi connectivity index (χ3n) is 2.35. The fourth-order valence-corrected chi connectivity index (χ4v) is 2.53. The standard InChI is InChI=1S/C10H5NO3S/c12-11(13)7-5-4-6-2-1-3-8-9(6)10(7)15-14-8/h1-5H. The quantitative estimate of drug-likeness (QED) is 0.420. The first-order valence-electron chi connectivity index (χ1n) is 4.32. The lowest BCUT2D eigenvalue weighted by molar-refractivity contribution is -0.387. The third-order valence-corrected chi connectivity index (χ3v) is 3.19. The molecule has 0 unspecified atom stereocenters. The number of nitro benzene ring substituents is 1. The first-order valence-corrected chi connectivity index (χ1v) is 5.06. The predicted molar refractivity (Wildman–Crippen MR) is 57.1 cm³/mol. The molecule has 0 amide bonds. The Labute approximate surface area is 89.2 Å². The van der Waals surface area contributed by atoms with Crippen LogP contribution in [0.15, 0.2) is 35.2 Å². The largest absolute Gasteiger partial charge is 0.420 e. The fourth-order valence-electron chi connectivity index (χ4n) is 1.69. The summed E-state index contributed by atoms with van der Waals surface area (Å²) in [4.78, 5) is 11.0. The molecule has 0 spiro atoms. The van der Waals surface area contributed by atoms with Crippen LogP contribution in [0.3, 0.4) is 0 Å². The van der Waals surface area contributed by atoms with Crippen molar-refractivity contribution >= 4 is 28.5 Å². The molecule has 0 N–H and O–H groups in total. The molecule has 5 heteroatoms. The highest BCUT2D eigenvalue weighted by Crippen LogP contribution is 2.47. The van der Waals surface area contributed by atoms with Crippen molar-refractivity contribution in [1.29, 1.82) is 0 Å². The molecule has 1 aliphatic rings. The monoisotopic (exact) mass is 219 g/mol. The normalized spacial score (nSPS) is 12.8. The highest BCUT2D eigenvalue weighted by Gasteiger charge is 2.26. The summed E-state index contributed by atoms with van der Waals surface area (Å²) in [6, 6.07) is 8.87. The first kappa shape index (κ1) is 8.55. The van der Waals surface area contributed by atoms with Crippen LogP contribution in [0.2, 0.25) is 0 Å². The van der Waals surface area contributed by atoms with E-state index >= 15 is 0 Å². The second-order valence-electron chi connectivity index (χ2n) is 3.19. The van der Waals surface area contributed by atoms with Crippen molar-refractivity contribution in [3.05, 3.63) is 40.4 Å². The van der Waals surface area contributed by atoms with E-state index < -0.39 is 0 Å². The van der Waals surface area contributed by atoms with Gasteiger partial charge in [0.25, 0.3) is 5.69 Å². The smallest absolute Gasteiger partial charge is 0.287 e. The van der Waals surface area contributed by atoms with Gasteiger partial charge >= 0.3 is 0 Å². The van der Waals surface area contributed by atoms with E-state index in [1.54, 1.807) is 6.07 Å². The number of hydrogen-bond donors (Lipinski definition) is 0. The van der Waals surface area contributed by atoms with Gasteiger partial charge in [-0.05, 0) is 17.5 Å². The Bertz CT molecular complexity index is 582. The highest BCUT2D eigenvalue weighted by atomic mass is 32.2. The highest BCUT2D eigenvalue weighted by molar-refractivity contribution is 7.95. The molecule has 1 aliphatic heterocycles. The van der Waals surface area contributed by atoms with E-state index in [2.05, 4.69) is 0 Å². The lowest BCUT2D eigenvalue weighted by Gasteiger charge is -1.97. The van der Waals surface area contributed by atoms with Gasteiger partial charge in [-0.2, -0.15) is 0 Å². The van der Waals surface area contributed by atoms with Crippen molar-refractivity contribution in [2.45, 2.75) is 4.90 Å². The molecule has 0 atom stereocenters. The Morgan fingerprint density at radius 1 is 1.27 bits per heavy atom. The lowest BCUT2D eigenvalue weighted by Crippen LogP contribution is -1.89. The number of nitrogens with zero attached hydrogens (tertiary/aromatic N) is 1. The molecule has 15 heavy (non-hydrogen) atoms. The Morgan fingerprint density at radius 2 is 2.13 bits per heavy atom. The molecule has 0 bridgehead atoms. The maximum Gasteiger partial charge on any atom is 0.287 e. The van der Waals surface area contributed by atoms with E-state index in [1.165, 1.54) is 6.07 Å². The van der Waals surface area contributed by atoms with Crippen molar-refractivity contribution < 1.29 is 9.11 Å². The van der Waals surface area contributed by atoms with Crippen LogP contribution in [0, 0.1) is 10.1 Å². The molecule has 0 fully saturated rings. The predicted octanol–water partition coefficient (Wildman–Crippen LogP) is 3.15. The van der Waals surface area contributed by atoms with Gasteiger partial charge in [-0.3, -0.25) is 10.1 Å². The topological polar surface area (TPSA) is 52.4 Å². The molecule has 0 saturated heterocycles. The Kier molecular flexibility index (Phi) is 1.63. The molecular formula is C10H5NO3S. The summed E-state index contributed by atoms with van der Waals surface area (Å²) in [6.45, 7) is 0. The van der Waals surface area contributed by atoms with E-state index in [-0.39, 0.29) is 10.6 Å². The summed E-state index contributed by atoms with van der Waals surface area (Å²) in [6.07, 6.45) is 0. The SMILES string of the molecule is O=[N+]([O-])c1ccc2cccc3c2c1SO3. The molecule has 74 valence electrons. The molecule has 0 saturated carbocycles. The zero-order valence-electron chi connectivity index (χ0n) is 7.47. The molecule has 2 aromatic rings. The van der Waals surface area contributed by atoms with E-state index in [9.17, 15) is 10.1 Å². The van der Waals surface area contributed by atoms with Gasteiger partial charge in [0, 0.05) is 11.5 Å². The Morgan fingerprint density at radius 3 is 2.93 bits per heavy atom. The number of nitro groups is 1. The van der Waals surface area contributed by atoms with Crippen LogP contribution in [0.25, 0.3) is 10.8 Å². The van der Waals surface area contributed by atoms with E-state index in [0.29, 0.717) is 10.6 Å². The van der Waals surface area contributed by atoms with Crippen LogP contribution in [0.5, 0.6) is 5.75 Å². The van der Waals surface area contributed by atoms with Crippen LogP contribution in [0.1, 0.15) is 0 Å². The number of hydrogen-bond acceptors (Lipinski definition) is 4. The molecule has 0 aromatic heterocycles. The second-order valence-corrected chi connectivity index (χ2v) is 3.93. The average molecular weight is 219 g/mol. The van der Waals surface area contributed by atoms with Crippen LogP contribution >= 0.6 is 12.0 Å². The second kappa shape index (κ2) is 2.87. The molecule has 0 aliphatic carbocycles. The van der Waals surface area contributed by atoms with Gasteiger partial charge in [0.1, 0.15) is 22.7 Å². The van der Waals surface area contributed by atoms with Crippen LogP contribution < -0.4 is 4.18 Å². The zero-order chi connectivity index (χ0) is 10.4. The Balaban J connectivity index is 2.45. The average Bonchev–Trinajstić information content (AvgIpc) is 2.65.